The van der Waals surface area contributed by atoms with Crippen molar-refractivity contribution in [3.8, 4) is 0 Å². The lowest BCUT2D eigenvalue weighted by Crippen LogP contribution is -2.36. The molecule has 1 aromatic rings. The van der Waals surface area contributed by atoms with Crippen LogP contribution in [-0.2, 0) is 11.3 Å². The molecule has 0 radical (unpaired) electrons. The molecule has 118 valence electrons. The third kappa shape index (κ3) is 5.29. The zero-order valence-electron chi connectivity index (χ0n) is 13.6. The second-order valence-electron chi connectivity index (χ2n) is 6.02. The Kier molecular flexibility index (Phi) is 6.46. The second-order valence-corrected chi connectivity index (χ2v) is 6.02. The van der Waals surface area contributed by atoms with Crippen molar-refractivity contribution in [2.24, 2.45) is 5.92 Å². The molecule has 4 heteroatoms. The highest BCUT2D eigenvalue weighted by Gasteiger charge is 2.31. The van der Waals surface area contributed by atoms with Crippen molar-refractivity contribution >= 4 is 5.82 Å². The predicted molar refractivity (Wildman–Crippen MR) is 87.5 cm³/mol. The lowest BCUT2D eigenvalue weighted by molar-refractivity contribution is 0.111. The van der Waals surface area contributed by atoms with E-state index in [2.05, 4.69) is 41.2 Å². The average Bonchev–Trinajstić information content (AvgIpc) is 3.34. The van der Waals surface area contributed by atoms with Crippen LogP contribution in [-0.4, -0.2) is 42.7 Å². The number of ether oxygens (including phenoxy) is 1. The van der Waals surface area contributed by atoms with Crippen LogP contribution in [0.5, 0.6) is 0 Å². The van der Waals surface area contributed by atoms with Gasteiger partial charge in [0, 0.05) is 39.0 Å². The maximum Gasteiger partial charge on any atom is 0.125 e. The SMILES string of the molecule is CCCNc1ccc(CN(CCOC)C(C)C2CC2)cn1. The molecule has 0 aliphatic heterocycles. The first-order valence-electron chi connectivity index (χ1n) is 8.16. The van der Waals surface area contributed by atoms with Gasteiger partial charge in [-0.1, -0.05) is 13.0 Å². The molecule has 1 heterocycles. The van der Waals surface area contributed by atoms with Gasteiger partial charge in [0.1, 0.15) is 5.82 Å². The van der Waals surface area contributed by atoms with E-state index in [0.29, 0.717) is 6.04 Å². The lowest BCUT2D eigenvalue weighted by atomic mass is 10.1. The molecule has 1 N–H and O–H groups in total. The molecule has 1 atom stereocenters. The number of rotatable bonds is 10. The van der Waals surface area contributed by atoms with E-state index < -0.39 is 0 Å². The van der Waals surface area contributed by atoms with Gasteiger partial charge in [0.15, 0.2) is 0 Å². The first-order chi connectivity index (χ1) is 10.2. The van der Waals surface area contributed by atoms with Gasteiger partial charge in [-0.3, -0.25) is 4.90 Å². The molecule has 1 unspecified atom stereocenters. The van der Waals surface area contributed by atoms with Crippen molar-refractivity contribution in [1.29, 1.82) is 0 Å². The Labute approximate surface area is 128 Å². The lowest BCUT2D eigenvalue weighted by Gasteiger charge is -2.29. The Morgan fingerprint density at radius 2 is 2.24 bits per heavy atom. The molecule has 0 amide bonds. The van der Waals surface area contributed by atoms with E-state index in [0.717, 1.165) is 44.4 Å². The zero-order valence-corrected chi connectivity index (χ0v) is 13.6. The molecule has 2 rings (SSSR count). The van der Waals surface area contributed by atoms with Crippen molar-refractivity contribution in [3.63, 3.8) is 0 Å². The van der Waals surface area contributed by atoms with Gasteiger partial charge in [-0.05, 0) is 43.7 Å². The smallest absolute Gasteiger partial charge is 0.125 e. The van der Waals surface area contributed by atoms with Gasteiger partial charge in [0.25, 0.3) is 0 Å². The minimum absolute atomic E-state index is 0.637. The molecule has 0 aromatic carbocycles. The highest BCUT2D eigenvalue weighted by Crippen LogP contribution is 2.35. The monoisotopic (exact) mass is 291 g/mol. The van der Waals surface area contributed by atoms with Crippen molar-refractivity contribution in [2.75, 3.05) is 32.1 Å². The third-order valence-corrected chi connectivity index (χ3v) is 4.23. The summed E-state index contributed by atoms with van der Waals surface area (Å²) < 4.78 is 5.26. The summed E-state index contributed by atoms with van der Waals surface area (Å²) in [5.41, 5.74) is 1.28. The van der Waals surface area contributed by atoms with Crippen LogP contribution in [0.4, 0.5) is 5.82 Å². The second kappa shape index (κ2) is 8.35. The molecule has 0 spiro atoms. The summed E-state index contributed by atoms with van der Waals surface area (Å²) in [5, 5.41) is 3.32. The topological polar surface area (TPSA) is 37.4 Å². The zero-order chi connectivity index (χ0) is 15.1. The normalized spacial score (nSPS) is 16.2. The van der Waals surface area contributed by atoms with Crippen LogP contribution in [0.1, 0.15) is 38.7 Å². The fraction of sp³-hybridized carbons (Fsp3) is 0.706. The van der Waals surface area contributed by atoms with E-state index in [9.17, 15) is 0 Å². The van der Waals surface area contributed by atoms with Crippen LogP contribution in [0.2, 0.25) is 0 Å². The van der Waals surface area contributed by atoms with Gasteiger partial charge < -0.3 is 10.1 Å². The van der Waals surface area contributed by atoms with Crippen LogP contribution in [0.25, 0.3) is 0 Å². The number of hydrogen-bond acceptors (Lipinski definition) is 4. The first kappa shape index (κ1) is 16.2. The largest absolute Gasteiger partial charge is 0.383 e. The Bertz CT molecular complexity index is 403. The summed E-state index contributed by atoms with van der Waals surface area (Å²) in [6.07, 6.45) is 5.87. The van der Waals surface area contributed by atoms with Crippen LogP contribution in [0.3, 0.4) is 0 Å². The van der Waals surface area contributed by atoms with Crippen LogP contribution < -0.4 is 5.32 Å². The molecule has 1 aromatic heterocycles. The molecule has 1 fully saturated rings. The summed E-state index contributed by atoms with van der Waals surface area (Å²) in [5.74, 6) is 1.85. The van der Waals surface area contributed by atoms with Crippen LogP contribution in [0.15, 0.2) is 18.3 Å². The minimum Gasteiger partial charge on any atom is -0.383 e. The summed E-state index contributed by atoms with van der Waals surface area (Å²) in [6.45, 7) is 8.23. The molecular formula is C17H29N3O. The highest BCUT2D eigenvalue weighted by molar-refractivity contribution is 5.35. The molecule has 0 saturated heterocycles. The number of methoxy groups -OCH3 is 1. The summed E-state index contributed by atoms with van der Waals surface area (Å²) >= 11 is 0. The fourth-order valence-corrected chi connectivity index (χ4v) is 2.62. The maximum atomic E-state index is 5.26. The van der Waals surface area contributed by atoms with Gasteiger partial charge in [0.2, 0.25) is 0 Å². The van der Waals surface area contributed by atoms with Gasteiger partial charge in [0.05, 0.1) is 6.61 Å². The first-order valence-corrected chi connectivity index (χ1v) is 8.16. The number of anilines is 1. The molecule has 21 heavy (non-hydrogen) atoms. The van der Waals surface area contributed by atoms with Crippen LogP contribution >= 0.6 is 0 Å². The number of nitrogens with zero attached hydrogens (tertiary/aromatic N) is 2. The Balaban J connectivity index is 1.91. The molecule has 0 bridgehead atoms. The summed E-state index contributed by atoms with van der Waals surface area (Å²) in [7, 11) is 1.77. The standard InChI is InChI=1S/C17H29N3O/c1-4-9-18-17-8-5-15(12-19-17)13-20(10-11-21-3)14(2)16-6-7-16/h5,8,12,14,16H,4,6-7,9-11,13H2,1-3H3,(H,18,19). The van der Waals surface area contributed by atoms with E-state index in [1.165, 1.54) is 18.4 Å². The predicted octanol–water partition coefficient (Wildman–Crippen LogP) is 3.15. The van der Waals surface area contributed by atoms with E-state index in [4.69, 9.17) is 4.74 Å². The number of aromatic nitrogens is 1. The summed E-state index contributed by atoms with van der Waals surface area (Å²) in [4.78, 5) is 7.03. The highest BCUT2D eigenvalue weighted by atomic mass is 16.5. The quantitative estimate of drug-likeness (QED) is 0.718. The van der Waals surface area contributed by atoms with Gasteiger partial charge >= 0.3 is 0 Å². The van der Waals surface area contributed by atoms with Gasteiger partial charge in [-0.2, -0.15) is 0 Å². The van der Waals surface area contributed by atoms with Crippen molar-refractivity contribution < 1.29 is 4.74 Å². The van der Waals surface area contributed by atoms with Crippen molar-refractivity contribution in [2.45, 2.75) is 45.7 Å². The van der Waals surface area contributed by atoms with Gasteiger partial charge in [-0.15, -0.1) is 0 Å². The van der Waals surface area contributed by atoms with Gasteiger partial charge in [-0.25, -0.2) is 4.98 Å². The molecule has 4 nitrogen and oxygen atoms in total. The molecular weight excluding hydrogens is 262 g/mol. The molecule has 1 aliphatic rings. The van der Waals surface area contributed by atoms with Crippen molar-refractivity contribution in [1.82, 2.24) is 9.88 Å². The number of nitrogens with one attached hydrogen (secondary N) is 1. The Hall–Kier alpha value is -1.13. The Morgan fingerprint density at radius 1 is 1.43 bits per heavy atom. The Morgan fingerprint density at radius 3 is 2.81 bits per heavy atom. The third-order valence-electron chi connectivity index (χ3n) is 4.23. The van der Waals surface area contributed by atoms with Crippen LogP contribution in [0, 0.1) is 5.92 Å². The minimum atomic E-state index is 0.637. The number of hydrogen-bond donors (Lipinski definition) is 1. The van der Waals surface area contributed by atoms with E-state index in [1.807, 2.05) is 6.20 Å². The average molecular weight is 291 g/mol. The summed E-state index contributed by atoms with van der Waals surface area (Å²) in [6, 6.07) is 4.91. The molecule has 1 saturated carbocycles. The maximum absolute atomic E-state index is 5.26. The fourth-order valence-electron chi connectivity index (χ4n) is 2.62. The number of pyridine rings is 1. The van der Waals surface area contributed by atoms with E-state index in [-0.39, 0.29) is 0 Å². The van der Waals surface area contributed by atoms with Crippen molar-refractivity contribution in [3.05, 3.63) is 23.9 Å². The molecule has 1 aliphatic carbocycles. The van der Waals surface area contributed by atoms with E-state index in [1.54, 1.807) is 7.11 Å². The van der Waals surface area contributed by atoms with E-state index >= 15 is 0 Å².